The van der Waals surface area contributed by atoms with Crippen LogP contribution < -0.4 is 11.1 Å². The van der Waals surface area contributed by atoms with Gasteiger partial charge in [-0.15, -0.1) is 0 Å². The second-order valence-corrected chi connectivity index (χ2v) is 5.01. The van der Waals surface area contributed by atoms with E-state index in [0.29, 0.717) is 28.5 Å². The highest BCUT2D eigenvalue weighted by molar-refractivity contribution is 6.29. The molecule has 1 aliphatic rings. The Kier molecular flexibility index (Phi) is 4.07. The number of anilines is 2. The Labute approximate surface area is 106 Å². The highest BCUT2D eigenvalue weighted by Gasteiger charge is 2.26. The zero-order chi connectivity index (χ0) is 12.3. The smallest absolute Gasteiger partial charge is 0.133 e. The summed E-state index contributed by atoms with van der Waals surface area (Å²) in [6.07, 6.45) is 3.48. The van der Waals surface area contributed by atoms with Crippen LogP contribution in [-0.4, -0.2) is 23.2 Å². The Hall–Kier alpha value is -1.00. The van der Waals surface area contributed by atoms with E-state index in [4.69, 9.17) is 17.3 Å². The minimum absolute atomic E-state index is 0.275. The maximum atomic E-state index is 9.24. The fourth-order valence-electron chi connectivity index (χ4n) is 2.47. The van der Waals surface area contributed by atoms with Gasteiger partial charge in [0.25, 0.3) is 0 Å². The SMILES string of the molecule is Nc1cc(Cl)nc(NCC2CCCC2CO)c1. The molecule has 17 heavy (non-hydrogen) atoms. The molecular weight excluding hydrogens is 238 g/mol. The van der Waals surface area contributed by atoms with Gasteiger partial charge in [0.05, 0.1) is 0 Å². The third-order valence-electron chi connectivity index (χ3n) is 3.41. The van der Waals surface area contributed by atoms with Gasteiger partial charge in [0, 0.05) is 24.9 Å². The summed E-state index contributed by atoms with van der Waals surface area (Å²) in [7, 11) is 0. The Morgan fingerprint density at radius 3 is 2.88 bits per heavy atom. The number of nitrogen functional groups attached to an aromatic ring is 1. The van der Waals surface area contributed by atoms with Crippen molar-refractivity contribution in [1.82, 2.24) is 4.98 Å². The van der Waals surface area contributed by atoms with E-state index in [-0.39, 0.29) is 6.61 Å². The zero-order valence-electron chi connectivity index (χ0n) is 9.69. The van der Waals surface area contributed by atoms with Crippen LogP contribution >= 0.6 is 11.6 Å². The van der Waals surface area contributed by atoms with Gasteiger partial charge in [-0.2, -0.15) is 0 Å². The van der Waals surface area contributed by atoms with Gasteiger partial charge in [-0.1, -0.05) is 18.0 Å². The lowest BCUT2D eigenvalue weighted by Gasteiger charge is -2.18. The number of rotatable bonds is 4. The van der Waals surface area contributed by atoms with Crippen molar-refractivity contribution in [3.63, 3.8) is 0 Å². The second-order valence-electron chi connectivity index (χ2n) is 4.62. The molecule has 2 rings (SSSR count). The number of hydrogen-bond acceptors (Lipinski definition) is 4. The van der Waals surface area contributed by atoms with Crippen molar-refractivity contribution in [2.75, 3.05) is 24.2 Å². The number of aromatic nitrogens is 1. The predicted molar refractivity (Wildman–Crippen MR) is 70.1 cm³/mol. The first kappa shape index (κ1) is 12.5. The third-order valence-corrected chi connectivity index (χ3v) is 3.61. The van der Waals surface area contributed by atoms with Crippen LogP contribution in [0.4, 0.5) is 11.5 Å². The highest BCUT2D eigenvalue weighted by atomic mass is 35.5. The number of nitrogens with zero attached hydrogens (tertiary/aromatic N) is 1. The first-order valence-electron chi connectivity index (χ1n) is 5.97. The van der Waals surface area contributed by atoms with Gasteiger partial charge in [0.2, 0.25) is 0 Å². The summed E-state index contributed by atoms with van der Waals surface area (Å²) in [6, 6.07) is 3.40. The largest absolute Gasteiger partial charge is 0.399 e. The van der Waals surface area contributed by atoms with Crippen molar-refractivity contribution in [3.05, 3.63) is 17.3 Å². The molecule has 0 aromatic carbocycles. The van der Waals surface area contributed by atoms with E-state index in [0.717, 1.165) is 19.4 Å². The topological polar surface area (TPSA) is 71.2 Å². The lowest BCUT2D eigenvalue weighted by molar-refractivity contribution is 0.199. The standard InChI is InChI=1S/C12H18ClN3O/c13-11-4-10(14)5-12(16-11)15-6-8-2-1-3-9(8)7-17/h4-5,8-9,17H,1-3,6-7H2,(H3,14,15,16). The van der Waals surface area contributed by atoms with E-state index in [1.165, 1.54) is 6.42 Å². The van der Waals surface area contributed by atoms with Gasteiger partial charge in [-0.3, -0.25) is 0 Å². The van der Waals surface area contributed by atoms with E-state index < -0.39 is 0 Å². The third kappa shape index (κ3) is 3.23. The summed E-state index contributed by atoms with van der Waals surface area (Å²) < 4.78 is 0. The van der Waals surface area contributed by atoms with Crippen molar-refractivity contribution in [1.29, 1.82) is 0 Å². The fraction of sp³-hybridized carbons (Fsp3) is 0.583. The highest BCUT2D eigenvalue weighted by Crippen LogP contribution is 2.31. The van der Waals surface area contributed by atoms with Crippen LogP contribution in [0.2, 0.25) is 5.15 Å². The average molecular weight is 256 g/mol. The molecule has 0 saturated heterocycles. The molecule has 1 aromatic rings. The molecule has 4 N–H and O–H groups in total. The normalized spacial score (nSPS) is 23.9. The molecule has 1 aliphatic carbocycles. The summed E-state index contributed by atoms with van der Waals surface area (Å²) in [4.78, 5) is 4.16. The molecule has 1 aromatic heterocycles. The summed E-state index contributed by atoms with van der Waals surface area (Å²) in [5, 5.41) is 12.9. The molecule has 1 fully saturated rings. The van der Waals surface area contributed by atoms with Crippen LogP contribution in [-0.2, 0) is 0 Å². The van der Waals surface area contributed by atoms with Crippen LogP contribution in [0.1, 0.15) is 19.3 Å². The lowest BCUT2D eigenvalue weighted by atomic mass is 9.97. The van der Waals surface area contributed by atoms with Crippen molar-refractivity contribution in [3.8, 4) is 0 Å². The molecule has 1 heterocycles. The number of nitrogens with one attached hydrogen (secondary N) is 1. The molecule has 0 amide bonds. The quantitative estimate of drug-likeness (QED) is 0.721. The van der Waals surface area contributed by atoms with Crippen molar-refractivity contribution >= 4 is 23.1 Å². The maximum absolute atomic E-state index is 9.24. The van der Waals surface area contributed by atoms with Gasteiger partial charge >= 0.3 is 0 Å². The Morgan fingerprint density at radius 1 is 1.41 bits per heavy atom. The van der Waals surface area contributed by atoms with Crippen LogP contribution in [0.3, 0.4) is 0 Å². The summed E-state index contributed by atoms with van der Waals surface area (Å²) in [6.45, 7) is 1.09. The van der Waals surface area contributed by atoms with E-state index in [9.17, 15) is 5.11 Å². The van der Waals surface area contributed by atoms with E-state index >= 15 is 0 Å². The minimum Gasteiger partial charge on any atom is -0.399 e. The monoisotopic (exact) mass is 255 g/mol. The molecule has 2 atom stereocenters. The van der Waals surface area contributed by atoms with Crippen LogP contribution in [0.25, 0.3) is 0 Å². The van der Waals surface area contributed by atoms with Crippen LogP contribution in [0.15, 0.2) is 12.1 Å². The molecule has 0 spiro atoms. The van der Waals surface area contributed by atoms with Gasteiger partial charge in [0.1, 0.15) is 11.0 Å². The van der Waals surface area contributed by atoms with E-state index in [1.807, 2.05) is 0 Å². The second kappa shape index (κ2) is 5.56. The minimum atomic E-state index is 0.275. The number of pyridine rings is 1. The number of aliphatic hydroxyl groups is 1. The first-order valence-corrected chi connectivity index (χ1v) is 6.34. The summed E-state index contributed by atoms with van der Waals surface area (Å²) in [5.41, 5.74) is 6.30. The Morgan fingerprint density at radius 2 is 2.18 bits per heavy atom. The molecule has 0 aliphatic heterocycles. The van der Waals surface area contributed by atoms with Gasteiger partial charge in [0.15, 0.2) is 0 Å². The lowest BCUT2D eigenvalue weighted by Crippen LogP contribution is -2.21. The zero-order valence-corrected chi connectivity index (χ0v) is 10.5. The average Bonchev–Trinajstić information content (AvgIpc) is 2.72. The molecule has 5 heteroatoms. The number of hydrogen-bond donors (Lipinski definition) is 3. The Balaban J connectivity index is 1.93. The number of halogens is 1. The van der Waals surface area contributed by atoms with Gasteiger partial charge in [-0.05, 0) is 30.7 Å². The molecular formula is C12H18ClN3O. The van der Waals surface area contributed by atoms with Crippen LogP contribution in [0.5, 0.6) is 0 Å². The maximum Gasteiger partial charge on any atom is 0.133 e. The molecule has 94 valence electrons. The summed E-state index contributed by atoms with van der Waals surface area (Å²) in [5.74, 6) is 1.64. The molecule has 1 saturated carbocycles. The number of nitrogens with two attached hydrogens (primary N) is 1. The summed E-state index contributed by atoms with van der Waals surface area (Å²) >= 11 is 5.83. The van der Waals surface area contributed by atoms with Gasteiger partial charge in [-0.25, -0.2) is 4.98 Å². The van der Waals surface area contributed by atoms with E-state index in [2.05, 4.69) is 10.3 Å². The molecule has 0 radical (unpaired) electrons. The van der Waals surface area contributed by atoms with Crippen LogP contribution in [0, 0.1) is 11.8 Å². The molecule has 2 unspecified atom stereocenters. The molecule has 4 nitrogen and oxygen atoms in total. The number of aliphatic hydroxyl groups excluding tert-OH is 1. The van der Waals surface area contributed by atoms with Gasteiger partial charge < -0.3 is 16.2 Å². The Bertz CT molecular complexity index is 366. The first-order chi connectivity index (χ1) is 8.19. The van der Waals surface area contributed by atoms with Crippen molar-refractivity contribution in [2.24, 2.45) is 11.8 Å². The molecule has 0 bridgehead atoms. The van der Waals surface area contributed by atoms with Crippen molar-refractivity contribution in [2.45, 2.75) is 19.3 Å². The fourth-order valence-corrected chi connectivity index (χ4v) is 2.68. The van der Waals surface area contributed by atoms with Crippen molar-refractivity contribution < 1.29 is 5.11 Å². The predicted octanol–water partition coefficient (Wildman–Crippen LogP) is 2.14. The van der Waals surface area contributed by atoms with E-state index in [1.54, 1.807) is 12.1 Å².